The van der Waals surface area contributed by atoms with Crippen molar-refractivity contribution in [3.63, 3.8) is 0 Å². The maximum Gasteiger partial charge on any atom is 0.339 e. The second-order valence-corrected chi connectivity index (χ2v) is 8.62. The fourth-order valence-electron chi connectivity index (χ4n) is 3.91. The average Bonchev–Trinajstić information content (AvgIpc) is 3.23. The van der Waals surface area contributed by atoms with Gasteiger partial charge in [0.05, 0.1) is 17.3 Å². The fourth-order valence-corrected chi connectivity index (χ4v) is 4.52. The first-order chi connectivity index (χ1) is 14.5. The van der Waals surface area contributed by atoms with Gasteiger partial charge >= 0.3 is 5.97 Å². The number of aromatic nitrogens is 2. The van der Waals surface area contributed by atoms with E-state index in [2.05, 4.69) is 25.8 Å². The maximum absolute atomic E-state index is 11.7. The number of carbonyl (C=O) groups is 1. The summed E-state index contributed by atoms with van der Waals surface area (Å²) in [5, 5.41) is 10.3. The molecule has 0 spiro atoms. The van der Waals surface area contributed by atoms with Gasteiger partial charge in [0, 0.05) is 22.2 Å². The fraction of sp³-hybridized carbons (Fsp3) is 0.261. The number of benzene rings is 2. The van der Waals surface area contributed by atoms with Crippen LogP contribution in [0.5, 0.6) is 0 Å². The molecule has 154 valence electrons. The summed E-state index contributed by atoms with van der Waals surface area (Å²) in [5.74, 6) is -0.418. The minimum Gasteiger partial charge on any atom is -0.478 e. The van der Waals surface area contributed by atoms with Crippen LogP contribution in [0, 0.1) is 0 Å². The molecular weight excluding hydrogens is 466 g/mol. The highest BCUT2D eigenvalue weighted by atomic mass is 79.9. The third kappa shape index (κ3) is 4.50. The molecule has 5 nitrogen and oxygen atoms in total. The van der Waals surface area contributed by atoms with Gasteiger partial charge in [0.2, 0.25) is 5.95 Å². The van der Waals surface area contributed by atoms with Crippen LogP contribution in [0.25, 0.3) is 0 Å². The number of anilines is 1. The van der Waals surface area contributed by atoms with E-state index in [1.807, 2.05) is 48.5 Å². The lowest BCUT2D eigenvalue weighted by Gasteiger charge is -2.25. The standard InChI is InChI=1S/C23H21BrClN3O2/c24-19-5-2-1-4-15(19)9-12-20-18(22(29)30)14-26-23(27-20)28-13-3-6-21(28)16-7-10-17(25)11-8-16/h1-2,4-5,7-8,10-11,14,21H,3,6,9,12-13H2,(H,29,30)/t21-/m1/s1. The van der Waals surface area contributed by atoms with Gasteiger partial charge in [0.1, 0.15) is 0 Å². The number of carboxylic acids is 1. The SMILES string of the molecule is O=C(O)c1cnc(N2CCC[C@@H]2c2ccc(Cl)cc2)nc1CCc1ccccc1Br. The third-order valence-corrected chi connectivity index (χ3v) is 6.46. The first-order valence-electron chi connectivity index (χ1n) is 9.87. The lowest BCUT2D eigenvalue weighted by atomic mass is 10.0. The maximum atomic E-state index is 11.7. The Balaban J connectivity index is 1.62. The van der Waals surface area contributed by atoms with Crippen molar-refractivity contribution in [3.8, 4) is 0 Å². The van der Waals surface area contributed by atoms with Crippen LogP contribution in [0.2, 0.25) is 5.02 Å². The second kappa shape index (κ2) is 9.14. The van der Waals surface area contributed by atoms with E-state index < -0.39 is 5.97 Å². The third-order valence-electron chi connectivity index (χ3n) is 5.44. The number of hydrogen-bond acceptors (Lipinski definition) is 4. The van der Waals surface area contributed by atoms with Crippen LogP contribution >= 0.6 is 27.5 Å². The Morgan fingerprint density at radius 1 is 1.17 bits per heavy atom. The summed E-state index contributed by atoms with van der Waals surface area (Å²) in [5.41, 5.74) is 3.00. The van der Waals surface area contributed by atoms with E-state index in [-0.39, 0.29) is 11.6 Å². The molecule has 0 radical (unpaired) electrons. The number of aromatic carboxylic acids is 1. The van der Waals surface area contributed by atoms with Crippen molar-refractivity contribution in [2.45, 2.75) is 31.7 Å². The molecule has 0 unspecified atom stereocenters. The van der Waals surface area contributed by atoms with Gasteiger partial charge < -0.3 is 10.0 Å². The summed E-state index contributed by atoms with van der Waals surface area (Å²) in [7, 11) is 0. The molecule has 0 amide bonds. The Bertz CT molecular complexity index is 1060. The molecule has 0 aliphatic carbocycles. The second-order valence-electron chi connectivity index (χ2n) is 7.33. The van der Waals surface area contributed by atoms with Crippen molar-refractivity contribution in [2.75, 3.05) is 11.4 Å². The van der Waals surface area contributed by atoms with E-state index in [9.17, 15) is 9.90 Å². The molecule has 1 aromatic heterocycles. The molecule has 4 rings (SSSR count). The zero-order valence-corrected chi connectivity index (χ0v) is 18.6. The Kier molecular flexibility index (Phi) is 6.35. The lowest BCUT2D eigenvalue weighted by Crippen LogP contribution is -2.25. The number of carboxylic acid groups (broad SMARTS) is 1. The van der Waals surface area contributed by atoms with Crippen LogP contribution in [0.3, 0.4) is 0 Å². The molecule has 3 aromatic rings. The first kappa shape index (κ1) is 20.8. The van der Waals surface area contributed by atoms with Crippen LogP contribution in [-0.2, 0) is 12.8 Å². The predicted octanol–water partition coefficient (Wildman–Crippen LogP) is 5.72. The number of rotatable bonds is 6. The summed E-state index contributed by atoms with van der Waals surface area (Å²) < 4.78 is 1.01. The topological polar surface area (TPSA) is 66.3 Å². The molecule has 0 bridgehead atoms. The lowest BCUT2D eigenvalue weighted by molar-refractivity contribution is 0.0694. The molecule has 1 N–H and O–H groups in total. The summed E-state index contributed by atoms with van der Waals surface area (Å²) in [6, 6.07) is 16.0. The summed E-state index contributed by atoms with van der Waals surface area (Å²) in [6.45, 7) is 0.837. The predicted molar refractivity (Wildman–Crippen MR) is 121 cm³/mol. The summed E-state index contributed by atoms with van der Waals surface area (Å²) in [4.78, 5) is 23.0. The minimum absolute atomic E-state index is 0.160. The van der Waals surface area contributed by atoms with Gasteiger partial charge in [-0.1, -0.05) is 57.9 Å². The molecular formula is C23H21BrClN3O2. The van der Waals surface area contributed by atoms with Gasteiger partial charge in [-0.15, -0.1) is 0 Å². The number of nitrogens with zero attached hydrogens (tertiary/aromatic N) is 3. The molecule has 7 heteroatoms. The van der Waals surface area contributed by atoms with E-state index in [0.717, 1.165) is 35.0 Å². The van der Waals surface area contributed by atoms with Crippen molar-refractivity contribution in [2.24, 2.45) is 0 Å². The van der Waals surface area contributed by atoms with Crippen molar-refractivity contribution in [1.29, 1.82) is 0 Å². The molecule has 0 saturated carbocycles. The number of aryl methyl sites for hydroxylation is 2. The van der Waals surface area contributed by atoms with Crippen LogP contribution in [0.4, 0.5) is 5.95 Å². The van der Waals surface area contributed by atoms with Crippen LogP contribution in [0.15, 0.2) is 59.2 Å². The quantitative estimate of drug-likeness (QED) is 0.483. The van der Waals surface area contributed by atoms with Crippen LogP contribution in [0.1, 0.15) is 46.1 Å². The molecule has 1 aliphatic heterocycles. The van der Waals surface area contributed by atoms with Gasteiger partial charge in [0.15, 0.2) is 0 Å². The van der Waals surface area contributed by atoms with Crippen molar-refractivity contribution in [1.82, 2.24) is 9.97 Å². The Hall–Kier alpha value is -2.44. The largest absolute Gasteiger partial charge is 0.478 e. The van der Waals surface area contributed by atoms with Crippen LogP contribution < -0.4 is 4.90 Å². The molecule has 2 aromatic carbocycles. The molecule has 1 fully saturated rings. The normalized spacial score (nSPS) is 16.1. The summed E-state index contributed by atoms with van der Waals surface area (Å²) >= 11 is 9.60. The smallest absolute Gasteiger partial charge is 0.339 e. The minimum atomic E-state index is -1.00. The van der Waals surface area contributed by atoms with E-state index in [1.165, 1.54) is 6.20 Å². The highest BCUT2D eigenvalue weighted by molar-refractivity contribution is 9.10. The Morgan fingerprint density at radius 2 is 1.93 bits per heavy atom. The molecule has 2 heterocycles. The Labute approximate surface area is 188 Å². The van der Waals surface area contributed by atoms with E-state index in [1.54, 1.807) is 0 Å². The number of hydrogen-bond donors (Lipinski definition) is 1. The highest BCUT2D eigenvalue weighted by Crippen LogP contribution is 2.35. The van der Waals surface area contributed by atoms with Gasteiger partial charge in [-0.2, -0.15) is 0 Å². The van der Waals surface area contributed by atoms with E-state index >= 15 is 0 Å². The first-order valence-corrected chi connectivity index (χ1v) is 11.0. The molecule has 30 heavy (non-hydrogen) atoms. The summed E-state index contributed by atoms with van der Waals surface area (Å²) in [6.07, 6.45) is 4.69. The zero-order chi connectivity index (χ0) is 21.1. The van der Waals surface area contributed by atoms with Gasteiger partial charge in [0.25, 0.3) is 0 Å². The van der Waals surface area contributed by atoms with Gasteiger partial charge in [-0.3, -0.25) is 0 Å². The van der Waals surface area contributed by atoms with E-state index in [4.69, 9.17) is 16.6 Å². The Morgan fingerprint density at radius 3 is 2.67 bits per heavy atom. The average molecular weight is 487 g/mol. The molecule has 1 saturated heterocycles. The van der Waals surface area contributed by atoms with Crippen molar-refractivity contribution >= 4 is 39.4 Å². The molecule has 1 atom stereocenters. The van der Waals surface area contributed by atoms with Crippen LogP contribution in [-0.4, -0.2) is 27.6 Å². The zero-order valence-electron chi connectivity index (χ0n) is 16.3. The van der Waals surface area contributed by atoms with Crippen molar-refractivity contribution in [3.05, 3.63) is 86.6 Å². The number of halogens is 2. The monoisotopic (exact) mass is 485 g/mol. The van der Waals surface area contributed by atoms with Crippen molar-refractivity contribution < 1.29 is 9.90 Å². The molecule has 1 aliphatic rings. The van der Waals surface area contributed by atoms with Gasteiger partial charge in [-0.25, -0.2) is 14.8 Å². The van der Waals surface area contributed by atoms with E-state index in [0.29, 0.717) is 29.5 Å². The van der Waals surface area contributed by atoms with Gasteiger partial charge in [-0.05, 0) is 55.0 Å². The highest BCUT2D eigenvalue weighted by Gasteiger charge is 2.29.